The van der Waals surface area contributed by atoms with Gasteiger partial charge in [0.25, 0.3) is 0 Å². The molecule has 1 fully saturated rings. The Balaban J connectivity index is 1.73. The van der Waals surface area contributed by atoms with E-state index in [4.69, 9.17) is 4.74 Å². The van der Waals surface area contributed by atoms with Crippen molar-refractivity contribution < 1.29 is 9.84 Å². The fourth-order valence-corrected chi connectivity index (χ4v) is 2.92. The first-order valence-corrected chi connectivity index (χ1v) is 7.73. The van der Waals surface area contributed by atoms with E-state index in [-0.39, 0.29) is 6.10 Å². The summed E-state index contributed by atoms with van der Waals surface area (Å²) in [5, 5.41) is 9.67. The number of hydrogen-bond acceptors (Lipinski definition) is 3. The third-order valence-corrected chi connectivity index (χ3v) is 4.19. The molecule has 2 rings (SSSR count). The first kappa shape index (κ1) is 14.8. The summed E-state index contributed by atoms with van der Waals surface area (Å²) >= 11 is 3.44. The van der Waals surface area contributed by atoms with E-state index in [1.54, 1.807) is 0 Å². The van der Waals surface area contributed by atoms with Crippen molar-refractivity contribution in [2.24, 2.45) is 5.92 Å². The van der Waals surface area contributed by atoms with Gasteiger partial charge in [0.15, 0.2) is 0 Å². The maximum absolute atomic E-state index is 9.67. The van der Waals surface area contributed by atoms with Gasteiger partial charge in [-0.2, -0.15) is 0 Å². The van der Waals surface area contributed by atoms with Crippen molar-refractivity contribution >= 4 is 15.9 Å². The molecule has 0 amide bonds. The van der Waals surface area contributed by atoms with E-state index in [2.05, 4.69) is 20.8 Å². The minimum Gasteiger partial charge on any atom is -0.492 e. The van der Waals surface area contributed by atoms with Crippen molar-refractivity contribution in [3.8, 4) is 5.75 Å². The molecule has 0 aromatic heterocycles. The Morgan fingerprint density at radius 3 is 3.11 bits per heavy atom. The van der Waals surface area contributed by atoms with Gasteiger partial charge < -0.3 is 9.84 Å². The van der Waals surface area contributed by atoms with Crippen molar-refractivity contribution in [3.05, 3.63) is 28.7 Å². The highest BCUT2D eigenvalue weighted by Gasteiger charge is 2.22. The molecule has 0 aliphatic carbocycles. The van der Waals surface area contributed by atoms with Crippen molar-refractivity contribution in [2.75, 3.05) is 26.2 Å². The zero-order valence-corrected chi connectivity index (χ0v) is 13.0. The van der Waals surface area contributed by atoms with Crippen LogP contribution in [0.3, 0.4) is 0 Å². The zero-order valence-electron chi connectivity index (χ0n) is 11.4. The van der Waals surface area contributed by atoms with Crippen LogP contribution in [0, 0.1) is 5.92 Å². The molecule has 0 spiro atoms. The molecule has 0 saturated carbocycles. The van der Waals surface area contributed by atoms with E-state index >= 15 is 0 Å². The lowest BCUT2D eigenvalue weighted by atomic mass is 9.93. The number of hydrogen-bond donors (Lipinski definition) is 1. The van der Waals surface area contributed by atoms with Crippen LogP contribution in [0.1, 0.15) is 19.8 Å². The van der Waals surface area contributed by atoms with Gasteiger partial charge in [-0.25, -0.2) is 0 Å². The maximum Gasteiger partial charge on any atom is 0.120 e. The fourth-order valence-electron chi connectivity index (χ4n) is 2.54. The lowest BCUT2D eigenvalue weighted by Crippen LogP contribution is -2.41. The third kappa shape index (κ3) is 4.79. The van der Waals surface area contributed by atoms with Gasteiger partial charge in [-0.15, -0.1) is 0 Å². The predicted molar refractivity (Wildman–Crippen MR) is 80.5 cm³/mol. The molecule has 1 aromatic carbocycles. The average Bonchev–Trinajstić information content (AvgIpc) is 2.39. The van der Waals surface area contributed by atoms with Crippen molar-refractivity contribution in [1.82, 2.24) is 4.90 Å². The molecule has 1 heterocycles. The molecular weight excluding hydrogens is 306 g/mol. The van der Waals surface area contributed by atoms with Crippen molar-refractivity contribution in [2.45, 2.75) is 25.9 Å². The summed E-state index contributed by atoms with van der Waals surface area (Å²) in [6, 6.07) is 7.92. The second-order valence-corrected chi connectivity index (χ2v) is 6.17. The van der Waals surface area contributed by atoms with E-state index in [0.717, 1.165) is 36.3 Å². The number of piperidine rings is 1. The first-order chi connectivity index (χ1) is 9.15. The predicted octanol–water partition coefficient (Wildman–Crippen LogP) is 2.92. The van der Waals surface area contributed by atoms with Crippen LogP contribution in [0.5, 0.6) is 5.75 Å². The molecule has 1 aromatic rings. The highest BCUT2D eigenvalue weighted by molar-refractivity contribution is 9.10. The zero-order chi connectivity index (χ0) is 13.7. The number of aliphatic hydroxyl groups excluding tert-OH is 1. The number of likely N-dealkylation sites (tertiary alicyclic amines) is 1. The summed E-state index contributed by atoms with van der Waals surface area (Å²) in [5.74, 6) is 1.32. The Morgan fingerprint density at radius 2 is 2.37 bits per heavy atom. The largest absolute Gasteiger partial charge is 0.492 e. The summed E-state index contributed by atoms with van der Waals surface area (Å²) < 4.78 is 6.79. The number of ether oxygens (including phenoxy) is 1. The average molecular weight is 328 g/mol. The molecule has 2 atom stereocenters. The second-order valence-electron chi connectivity index (χ2n) is 5.25. The van der Waals surface area contributed by atoms with Gasteiger partial charge in [0.1, 0.15) is 12.4 Å². The van der Waals surface area contributed by atoms with Crippen LogP contribution < -0.4 is 4.74 Å². The highest BCUT2D eigenvalue weighted by Crippen LogP contribution is 2.20. The molecule has 0 radical (unpaired) electrons. The molecular formula is C15H22BrNO2. The highest BCUT2D eigenvalue weighted by atomic mass is 79.9. The molecule has 19 heavy (non-hydrogen) atoms. The van der Waals surface area contributed by atoms with Gasteiger partial charge in [0.05, 0.1) is 6.10 Å². The van der Waals surface area contributed by atoms with E-state index in [0.29, 0.717) is 12.5 Å². The molecule has 1 saturated heterocycles. The number of benzene rings is 1. The molecule has 1 aliphatic heterocycles. The number of halogens is 1. The summed E-state index contributed by atoms with van der Waals surface area (Å²) in [7, 11) is 0. The Kier molecular flexibility index (Phi) is 5.67. The Morgan fingerprint density at radius 1 is 1.53 bits per heavy atom. The quantitative estimate of drug-likeness (QED) is 0.902. The summed E-state index contributed by atoms with van der Waals surface area (Å²) in [5.41, 5.74) is 0. The summed E-state index contributed by atoms with van der Waals surface area (Å²) in [6.45, 7) is 5.62. The molecule has 1 aliphatic rings. The molecule has 2 unspecified atom stereocenters. The molecule has 106 valence electrons. The standard InChI is InChI=1S/C15H22BrNO2/c1-12(18)13-4-3-7-17(11-13)8-9-19-15-6-2-5-14(16)10-15/h2,5-6,10,12-13,18H,3-4,7-9,11H2,1H3. The van der Waals surface area contributed by atoms with Crippen LogP contribution in [0.2, 0.25) is 0 Å². The van der Waals surface area contributed by atoms with E-state index in [9.17, 15) is 5.11 Å². The van der Waals surface area contributed by atoms with Crippen LogP contribution >= 0.6 is 15.9 Å². The van der Waals surface area contributed by atoms with E-state index in [1.165, 1.54) is 6.42 Å². The monoisotopic (exact) mass is 327 g/mol. The van der Waals surface area contributed by atoms with Crippen molar-refractivity contribution in [3.63, 3.8) is 0 Å². The molecule has 4 heteroatoms. The van der Waals surface area contributed by atoms with Crippen molar-refractivity contribution in [1.29, 1.82) is 0 Å². The Bertz CT molecular complexity index is 397. The Hall–Kier alpha value is -0.580. The maximum atomic E-state index is 9.67. The van der Waals surface area contributed by atoms with Crippen LogP contribution in [-0.2, 0) is 0 Å². The van der Waals surface area contributed by atoms with Gasteiger partial charge in [-0.05, 0) is 50.4 Å². The number of nitrogens with zero attached hydrogens (tertiary/aromatic N) is 1. The smallest absolute Gasteiger partial charge is 0.120 e. The fraction of sp³-hybridized carbons (Fsp3) is 0.600. The van der Waals surface area contributed by atoms with Gasteiger partial charge in [0.2, 0.25) is 0 Å². The first-order valence-electron chi connectivity index (χ1n) is 6.94. The van der Waals surface area contributed by atoms with Crippen LogP contribution in [0.15, 0.2) is 28.7 Å². The van der Waals surface area contributed by atoms with Gasteiger partial charge in [-0.3, -0.25) is 4.90 Å². The normalized spacial score (nSPS) is 22.2. The van der Waals surface area contributed by atoms with E-state index < -0.39 is 0 Å². The van der Waals surface area contributed by atoms with Crippen LogP contribution in [-0.4, -0.2) is 42.4 Å². The lowest BCUT2D eigenvalue weighted by molar-refractivity contribution is 0.0573. The SMILES string of the molecule is CC(O)C1CCCN(CCOc2cccc(Br)c2)C1. The number of rotatable bonds is 5. The third-order valence-electron chi connectivity index (χ3n) is 3.70. The van der Waals surface area contributed by atoms with Gasteiger partial charge in [-0.1, -0.05) is 22.0 Å². The lowest BCUT2D eigenvalue weighted by Gasteiger charge is -2.33. The molecule has 0 bridgehead atoms. The van der Waals surface area contributed by atoms with Gasteiger partial charge >= 0.3 is 0 Å². The van der Waals surface area contributed by atoms with Crippen LogP contribution in [0.4, 0.5) is 0 Å². The van der Waals surface area contributed by atoms with Crippen LogP contribution in [0.25, 0.3) is 0 Å². The minimum atomic E-state index is -0.200. The Labute approximate surface area is 123 Å². The van der Waals surface area contributed by atoms with E-state index in [1.807, 2.05) is 31.2 Å². The summed E-state index contributed by atoms with van der Waals surface area (Å²) in [4.78, 5) is 2.39. The second kappa shape index (κ2) is 7.27. The molecule has 1 N–H and O–H groups in total. The minimum absolute atomic E-state index is 0.200. The topological polar surface area (TPSA) is 32.7 Å². The van der Waals surface area contributed by atoms with Gasteiger partial charge in [0, 0.05) is 17.6 Å². The number of aliphatic hydroxyl groups is 1. The molecule has 3 nitrogen and oxygen atoms in total. The summed E-state index contributed by atoms with van der Waals surface area (Å²) in [6.07, 6.45) is 2.11.